The van der Waals surface area contributed by atoms with Gasteiger partial charge in [-0.25, -0.2) is 0 Å². The first-order valence-electron chi connectivity index (χ1n) is 8.36. The van der Waals surface area contributed by atoms with E-state index in [1.807, 2.05) is 31.2 Å². The van der Waals surface area contributed by atoms with Gasteiger partial charge in [-0.3, -0.25) is 9.59 Å². The smallest absolute Gasteiger partial charge is 0.316 e. The van der Waals surface area contributed by atoms with E-state index in [1.165, 1.54) is 6.07 Å². The van der Waals surface area contributed by atoms with Gasteiger partial charge in [-0.05, 0) is 25.1 Å². The largest absolute Gasteiger partial charge is 0.350 e. The van der Waals surface area contributed by atoms with Crippen molar-refractivity contribution in [1.29, 1.82) is 0 Å². The molecule has 0 aliphatic heterocycles. The van der Waals surface area contributed by atoms with Gasteiger partial charge in [0, 0.05) is 24.2 Å². The summed E-state index contributed by atoms with van der Waals surface area (Å²) in [4.78, 5) is 28.2. The molecule has 0 radical (unpaired) electrons. The molecule has 9 heteroatoms. The Morgan fingerprint density at radius 1 is 0.964 bits per heavy atom. The summed E-state index contributed by atoms with van der Waals surface area (Å²) in [6.45, 7) is 2.37. The first-order chi connectivity index (χ1) is 13.4. The number of hydrogen-bond acceptors (Lipinski definition) is 5. The Morgan fingerprint density at radius 3 is 2.32 bits per heavy atom. The van der Waals surface area contributed by atoms with Gasteiger partial charge in [0.1, 0.15) is 0 Å². The third-order valence-corrected chi connectivity index (χ3v) is 4.55. The molecule has 1 heterocycles. The molecule has 7 nitrogen and oxygen atoms in total. The van der Waals surface area contributed by atoms with Crippen LogP contribution in [0.25, 0.3) is 11.4 Å². The summed E-state index contributed by atoms with van der Waals surface area (Å²) in [7, 11) is 0. The van der Waals surface area contributed by atoms with Crippen molar-refractivity contribution in [3.8, 4) is 11.4 Å². The SMILES string of the molecule is Cc1ccc(-c2noc(C(=O)NCCNC(=O)c3ccc(Cl)c(Cl)c3)n2)cc1. The zero-order valence-corrected chi connectivity index (χ0v) is 16.3. The number of benzene rings is 2. The standard InChI is InChI=1S/C19H16Cl2N4O3/c1-11-2-4-12(5-3-11)16-24-19(28-25-16)18(27)23-9-8-22-17(26)13-6-7-14(20)15(21)10-13/h2-7,10H,8-9H2,1H3,(H,22,26)(H,23,27). The summed E-state index contributed by atoms with van der Waals surface area (Å²) in [6, 6.07) is 12.1. The quantitative estimate of drug-likeness (QED) is 0.596. The van der Waals surface area contributed by atoms with E-state index in [1.54, 1.807) is 12.1 Å². The number of carbonyl (C=O) groups is 2. The van der Waals surface area contributed by atoms with Gasteiger partial charge in [0.05, 0.1) is 10.0 Å². The molecule has 28 heavy (non-hydrogen) atoms. The maximum absolute atomic E-state index is 12.1. The molecule has 0 bridgehead atoms. The van der Waals surface area contributed by atoms with Gasteiger partial charge in [-0.1, -0.05) is 58.2 Å². The Morgan fingerprint density at radius 2 is 1.64 bits per heavy atom. The van der Waals surface area contributed by atoms with Crippen LogP contribution in [0.5, 0.6) is 0 Å². The molecule has 0 fully saturated rings. The first kappa shape index (κ1) is 19.9. The molecule has 0 atom stereocenters. The zero-order chi connectivity index (χ0) is 20.1. The Hall–Kier alpha value is -2.90. The number of nitrogens with zero attached hydrogens (tertiary/aromatic N) is 2. The molecular weight excluding hydrogens is 403 g/mol. The second-order valence-electron chi connectivity index (χ2n) is 5.93. The van der Waals surface area contributed by atoms with Gasteiger partial charge in [0.15, 0.2) is 0 Å². The molecule has 3 rings (SSSR count). The van der Waals surface area contributed by atoms with E-state index in [4.69, 9.17) is 27.7 Å². The molecule has 1 aromatic heterocycles. The minimum atomic E-state index is -0.519. The molecule has 144 valence electrons. The number of rotatable bonds is 6. The maximum Gasteiger partial charge on any atom is 0.316 e. The number of amides is 2. The fourth-order valence-electron chi connectivity index (χ4n) is 2.30. The van der Waals surface area contributed by atoms with Crippen LogP contribution in [0.4, 0.5) is 0 Å². The molecule has 2 amide bonds. The average molecular weight is 419 g/mol. The second-order valence-corrected chi connectivity index (χ2v) is 6.74. The highest BCUT2D eigenvalue weighted by molar-refractivity contribution is 6.42. The Labute approximate surface area is 171 Å². The van der Waals surface area contributed by atoms with E-state index in [0.717, 1.165) is 11.1 Å². The van der Waals surface area contributed by atoms with Crippen LogP contribution in [0, 0.1) is 6.92 Å². The molecular formula is C19H16Cl2N4O3. The number of aromatic nitrogens is 2. The lowest BCUT2D eigenvalue weighted by molar-refractivity contribution is 0.0898. The number of halogens is 2. The highest BCUT2D eigenvalue weighted by Crippen LogP contribution is 2.22. The van der Waals surface area contributed by atoms with Crippen LogP contribution in [0.15, 0.2) is 47.0 Å². The summed E-state index contributed by atoms with van der Waals surface area (Å²) in [5.74, 6) is -0.661. The number of hydrogen-bond donors (Lipinski definition) is 2. The van der Waals surface area contributed by atoms with Crippen molar-refractivity contribution in [3.05, 3.63) is 69.5 Å². The van der Waals surface area contributed by atoms with Gasteiger partial charge < -0.3 is 15.2 Å². The molecule has 0 saturated carbocycles. The molecule has 0 spiro atoms. The topological polar surface area (TPSA) is 97.1 Å². The highest BCUT2D eigenvalue weighted by Gasteiger charge is 2.16. The Kier molecular flexibility index (Phi) is 6.28. The van der Waals surface area contributed by atoms with Crippen molar-refractivity contribution in [1.82, 2.24) is 20.8 Å². The van der Waals surface area contributed by atoms with Crippen molar-refractivity contribution in [2.75, 3.05) is 13.1 Å². The van der Waals surface area contributed by atoms with E-state index < -0.39 is 5.91 Å². The molecule has 0 saturated heterocycles. The number of aryl methyl sites for hydroxylation is 1. The van der Waals surface area contributed by atoms with Crippen LogP contribution in [-0.4, -0.2) is 35.0 Å². The van der Waals surface area contributed by atoms with Crippen LogP contribution in [0.3, 0.4) is 0 Å². The first-order valence-corrected chi connectivity index (χ1v) is 9.12. The van der Waals surface area contributed by atoms with Crippen LogP contribution in [0.1, 0.15) is 26.6 Å². The molecule has 0 unspecified atom stereocenters. The minimum absolute atomic E-state index is 0.147. The number of carbonyl (C=O) groups excluding carboxylic acids is 2. The monoisotopic (exact) mass is 418 g/mol. The van der Waals surface area contributed by atoms with E-state index in [0.29, 0.717) is 21.4 Å². The van der Waals surface area contributed by atoms with Crippen molar-refractivity contribution in [2.45, 2.75) is 6.92 Å². The third-order valence-electron chi connectivity index (χ3n) is 3.81. The summed E-state index contributed by atoms with van der Waals surface area (Å²) < 4.78 is 5.00. The Balaban J connectivity index is 1.48. The van der Waals surface area contributed by atoms with Gasteiger partial charge >= 0.3 is 11.8 Å². The van der Waals surface area contributed by atoms with Gasteiger partial charge in [-0.2, -0.15) is 4.98 Å². The molecule has 0 aliphatic rings. The van der Waals surface area contributed by atoms with Gasteiger partial charge in [0.25, 0.3) is 5.91 Å². The van der Waals surface area contributed by atoms with Crippen molar-refractivity contribution >= 4 is 35.0 Å². The summed E-state index contributed by atoms with van der Waals surface area (Å²) in [5.41, 5.74) is 2.23. The second kappa shape index (κ2) is 8.86. The van der Waals surface area contributed by atoms with Crippen LogP contribution in [0.2, 0.25) is 10.0 Å². The highest BCUT2D eigenvalue weighted by atomic mass is 35.5. The fourth-order valence-corrected chi connectivity index (χ4v) is 2.60. The summed E-state index contributed by atoms with van der Waals surface area (Å²) >= 11 is 11.7. The van der Waals surface area contributed by atoms with Crippen LogP contribution in [-0.2, 0) is 0 Å². The third kappa shape index (κ3) is 4.88. The lowest BCUT2D eigenvalue weighted by atomic mass is 10.1. The molecule has 3 aromatic rings. The predicted molar refractivity (Wildman–Crippen MR) is 106 cm³/mol. The van der Waals surface area contributed by atoms with E-state index in [9.17, 15) is 9.59 Å². The molecule has 2 aromatic carbocycles. The summed E-state index contributed by atoms with van der Waals surface area (Å²) in [5, 5.41) is 9.74. The van der Waals surface area contributed by atoms with Gasteiger partial charge in [0.2, 0.25) is 5.82 Å². The normalized spacial score (nSPS) is 10.5. The lowest BCUT2D eigenvalue weighted by Gasteiger charge is -2.06. The minimum Gasteiger partial charge on any atom is -0.350 e. The summed E-state index contributed by atoms with van der Waals surface area (Å²) in [6.07, 6.45) is 0. The number of nitrogens with one attached hydrogen (secondary N) is 2. The van der Waals surface area contributed by atoms with E-state index >= 15 is 0 Å². The van der Waals surface area contributed by atoms with Crippen molar-refractivity contribution < 1.29 is 14.1 Å². The van der Waals surface area contributed by atoms with Crippen molar-refractivity contribution in [2.24, 2.45) is 0 Å². The lowest BCUT2D eigenvalue weighted by Crippen LogP contribution is -2.34. The van der Waals surface area contributed by atoms with Crippen LogP contribution < -0.4 is 10.6 Å². The Bertz CT molecular complexity index is 1000. The van der Waals surface area contributed by atoms with Crippen LogP contribution >= 0.6 is 23.2 Å². The molecule has 0 aliphatic carbocycles. The fraction of sp³-hybridized carbons (Fsp3) is 0.158. The maximum atomic E-state index is 12.1. The van der Waals surface area contributed by atoms with E-state index in [-0.39, 0.29) is 24.9 Å². The van der Waals surface area contributed by atoms with Crippen molar-refractivity contribution in [3.63, 3.8) is 0 Å². The zero-order valence-electron chi connectivity index (χ0n) is 14.8. The predicted octanol–water partition coefficient (Wildman–Crippen LogP) is 3.51. The molecule has 2 N–H and O–H groups in total. The van der Waals surface area contributed by atoms with Gasteiger partial charge in [-0.15, -0.1) is 0 Å². The average Bonchev–Trinajstić information content (AvgIpc) is 3.18. The van der Waals surface area contributed by atoms with E-state index in [2.05, 4.69) is 20.8 Å².